The molecule has 1 fully saturated rings. The summed E-state index contributed by atoms with van der Waals surface area (Å²) in [5, 5.41) is 24.5. The molecule has 2 heterocycles. The van der Waals surface area contributed by atoms with E-state index in [1.807, 2.05) is 48.5 Å². The highest BCUT2D eigenvalue weighted by Crippen LogP contribution is 2.42. The first-order valence-electron chi connectivity index (χ1n) is 11.9. The number of hydrogen-bond acceptors (Lipinski definition) is 9. The van der Waals surface area contributed by atoms with Gasteiger partial charge in [-0.1, -0.05) is 79.9 Å². The zero-order chi connectivity index (χ0) is 26.2. The number of aliphatic hydroxyl groups excluding tert-OH is 1. The van der Waals surface area contributed by atoms with Gasteiger partial charge in [0.05, 0.1) is 18.8 Å². The van der Waals surface area contributed by atoms with Crippen LogP contribution in [0.25, 0.3) is 0 Å². The van der Waals surface area contributed by atoms with Gasteiger partial charge in [-0.15, -0.1) is 5.10 Å². The summed E-state index contributed by atoms with van der Waals surface area (Å²) in [5.41, 5.74) is 3.66. The first-order chi connectivity index (χ1) is 18.0. The molecule has 1 amide bonds. The Hall–Kier alpha value is -3.25. The van der Waals surface area contributed by atoms with E-state index >= 15 is 0 Å². The molecule has 4 rings (SSSR count). The SMILES string of the molecule is C=CCOC(=O)NCc1ccc([C@@H]2O[C@H](CSc3nnnn3C)[C@H](C)[C@H](c3ccc(CO)cc3)O2)cc1. The molecule has 0 saturated carbocycles. The van der Waals surface area contributed by atoms with E-state index in [0.29, 0.717) is 17.5 Å². The van der Waals surface area contributed by atoms with E-state index in [1.54, 1.807) is 11.7 Å². The molecule has 1 aliphatic heterocycles. The number of nitrogens with zero attached hydrogens (tertiary/aromatic N) is 4. The van der Waals surface area contributed by atoms with Crippen LogP contribution in [0.3, 0.4) is 0 Å². The molecule has 1 aliphatic rings. The van der Waals surface area contributed by atoms with Crippen molar-refractivity contribution in [1.82, 2.24) is 25.5 Å². The zero-order valence-electron chi connectivity index (χ0n) is 20.8. The van der Waals surface area contributed by atoms with E-state index in [2.05, 4.69) is 34.3 Å². The number of amides is 1. The van der Waals surface area contributed by atoms with Gasteiger partial charge in [0.2, 0.25) is 5.16 Å². The van der Waals surface area contributed by atoms with Crippen molar-refractivity contribution >= 4 is 17.9 Å². The molecule has 37 heavy (non-hydrogen) atoms. The molecule has 2 aromatic carbocycles. The fourth-order valence-electron chi connectivity index (χ4n) is 3.96. The molecule has 0 unspecified atom stereocenters. The molecule has 0 radical (unpaired) electrons. The Labute approximate surface area is 220 Å². The van der Waals surface area contributed by atoms with Gasteiger partial charge >= 0.3 is 6.09 Å². The molecule has 3 aromatic rings. The van der Waals surface area contributed by atoms with Crippen LogP contribution in [0.5, 0.6) is 0 Å². The summed E-state index contributed by atoms with van der Waals surface area (Å²) in [6.07, 6.45) is 0.0930. The fourth-order valence-corrected chi connectivity index (χ4v) is 4.98. The lowest BCUT2D eigenvalue weighted by atomic mass is 9.91. The quantitative estimate of drug-likeness (QED) is 0.301. The summed E-state index contributed by atoms with van der Waals surface area (Å²) in [6.45, 7) is 6.13. The Morgan fingerprint density at radius 3 is 2.51 bits per heavy atom. The van der Waals surface area contributed by atoms with Crippen molar-refractivity contribution in [3.05, 3.63) is 83.4 Å². The molecule has 1 saturated heterocycles. The number of tetrazole rings is 1. The third kappa shape index (κ3) is 6.95. The van der Waals surface area contributed by atoms with Gasteiger partial charge in [-0.2, -0.15) is 0 Å². The predicted octanol–water partition coefficient (Wildman–Crippen LogP) is 3.70. The second-order valence-electron chi connectivity index (χ2n) is 8.70. The minimum absolute atomic E-state index is 0.00865. The summed E-state index contributed by atoms with van der Waals surface area (Å²) < 4.78 is 19.5. The fraction of sp³-hybridized carbons (Fsp3) is 0.385. The summed E-state index contributed by atoms with van der Waals surface area (Å²) in [6, 6.07) is 15.5. The average Bonchev–Trinajstić information content (AvgIpc) is 3.35. The lowest BCUT2D eigenvalue weighted by Gasteiger charge is -2.41. The Balaban J connectivity index is 1.49. The van der Waals surface area contributed by atoms with Crippen LogP contribution in [0.2, 0.25) is 0 Å². The number of carbonyl (C=O) groups is 1. The Bertz CT molecular complexity index is 1170. The highest BCUT2D eigenvalue weighted by molar-refractivity contribution is 7.99. The van der Waals surface area contributed by atoms with Crippen LogP contribution < -0.4 is 5.32 Å². The molecular formula is C26H31N5O5S. The first kappa shape index (κ1) is 26.8. The van der Waals surface area contributed by atoms with Crippen LogP contribution in [-0.4, -0.2) is 49.9 Å². The molecular weight excluding hydrogens is 494 g/mol. The summed E-state index contributed by atoms with van der Waals surface area (Å²) in [4.78, 5) is 11.7. The minimum Gasteiger partial charge on any atom is -0.445 e. The molecule has 0 aliphatic carbocycles. The number of ether oxygens (including phenoxy) is 3. The van der Waals surface area contributed by atoms with Gasteiger partial charge in [0.15, 0.2) is 6.29 Å². The van der Waals surface area contributed by atoms with Crippen LogP contribution in [0, 0.1) is 5.92 Å². The van der Waals surface area contributed by atoms with Crippen molar-refractivity contribution in [3.63, 3.8) is 0 Å². The molecule has 0 spiro atoms. The number of alkyl carbamates (subject to hydrolysis) is 1. The Morgan fingerprint density at radius 2 is 1.86 bits per heavy atom. The van der Waals surface area contributed by atoms with Gasteiger partial charge in [-0.3, -0.25) is 0 Å². The van der Waals surface area contributed by atoms with Crippen molar-refractivity contribution in [2.45, 2.75) is 43.7 Å². The molecule has 0 bridgehead atoms. The van der Waals surface area contributed by atoms with Crippen LogP contribution in [0.4, 0.5) is 4.79 Å². The molecule has 11 heteroatoms. The van der Waals surface area contributed by atoms with E-state index in [-0.39, 0.29) is 31.3 Å². The summed E-state index contributed by atoms with van der Waals surface area (Å²) in [5.74, 6) is 0.699. The van der Waals surface area contributed by atoms with Crippen molar-refractivity contribution < 1.29 is 24.1 Å². The number of nitrogens with one attached hydrogen (secondary N) is 1. The Kier molecular flexibility index (Phi) is 9.29. The van der Waals surface area contributed by atoms with Crippen LogP contribution in [-0.2, 0) is 34.4 Å². The van der Waals surface area contributed by atoms with Gasteiger partial charge in [-0.25, -0.2) is 9.48 Å². The van der Waals surface area contributed by atoms with Gasteiger partial charge < -0.3 is 24.6 Å². The molecule has 10 nitrogen and oxygen atoms in total. The summed E-state index contributed by atoms with van der Waals surface area (Å²) >= 11 is 1.54. The normalized spacial score (nSPS) is 21.4. The van der Waals surface area contributed by atoms with Crippen LogP contribution in [0.1, 0.15) is 41.6 Å². The van der Waals surface area contributed by atoms with Crippen molar-refractivity contribution in [3.8, 4) is 0 Å². The third-order valence-electron chi connectivity index (χ3n) is 6.10. The topological polar surface area (TPSA) is 121 Å². The van der Waals surface area contributed by atoms with Gasteiger partial charge in [0, 0.05) is 30.8 Å². The predicted molar refractivity (Wildman–Crippen MR) is 137 cm³/mol. The number of aliphatic hydroxyl groups is 1. The smallest absolute Gasteiger partial charge is 0.407 e. The number of aryl methyl sites for hydroxylation is 1. The van der Waals surface area contributed by atoms with E-state index in [0.717, 1.165) is 22.3 Å². The molecule has 2 N–H and O–H groups in total. The number of aromatic nitrogens is 4. The Morgan fingerprint density at radius 1 is 1.16 bits per heavy atom. The number of rotatable bonds is 10. The second kappa shape index (κ2) is 12.8. The maximum absolute atomic E-state index is 11.7. The number of thioether (sulfide) groups is 1. The largest absolute Gasteiger partial charge is 0.445 e. The van der Waals surface area contributed by atoms with Crippen molar-refractivity contribution in [2.75, 3.05) is 12.4 Å². The third-order valence-corrected chi connectivity index (χ3v) is 7.20. The average molecular weight is 526 g/mol. The highest BCUT2D eigenvalue weighted by atomic mass is 32.2. The first-order valence-corrected chi connectivity index (χ1v) is 12.9. The second-order valence-corrected chi connectivity index (χ2v) is 9.69. The standard InChI is InChI=1S/C26H31N5O5S/c1-4-13-34-26(33)27-14-18-5-11-21(12-6-18)24-35-22(16-37-25-28-29-30-31(25)3)17(2)23(36-24)20-9-7-19(15-32)8-10-20/h4-12,17,22-24,32H,1,13-16H2,2-3H3,(H,27,33)/t17-,22+,23+,24+/m0/s1. The van der Waals surface area contributed by atoms with Crippen molar-refractivity contribution in [2.24, 2.45) is 13.0 Å². The lowest BCUT2D eigenvalue weighted by Crippen LogP contribution is -2.38. The maximum Gasteiger partial charge on any atom is 0.407 e. The number of hydrogen-bond donors (Lipinski definition) is 2. The highest BCUT2D eigenvalue weighted by Gasteiger charge is 2.38. The van der Waals surface area contributed by atoms with Crippen LogP contribution >= 0.6 is 11.8 Å². The lowest BCUT2D eigenvalue weighted by molar-refractivity contribution is -0.268. The minimum atomic E-state index is -0.582. The van der Waals surface area contributed by atoms with E-state index in [1.165, 1.54) is 17.8 Å². The summed E-state index contributed by atoms with van der Waals surface area (Å²) in [7, 11) is 1.81. The molecule has 196 valence electrons. The number of benzene rings is 2. The maximum atomic E-state index is 11.7. The van der Waals surface area contributed by atoms with Gasteiger partial charge in [0.25, 0.3) is 0 Å². The van der Waals surface area contributed by atoms with Gasteiger partial charge in [0.1, 0.15) is 6.61 Å². The van der Waals surface area contributed by atoms with Gasteiger partial charge in [-0.05, 0) is 27.1 Å². The van der Waals surface area contributed by atoms with Crippen molar-refractivity contribution in [1.29, 1.82) is 0 Å². The van der Waals surface area contributed by atoms with Crippen LogP contribution in [0.15, 0.2) is 66.3 Å². The number of carbonyl (C=O) groups excluding carboxylic acids is 1. The monoisotopic (exact) mass is 525 g/mol. The van der Waals surface area contributed by atoms with E-state index < -0.39 is 12.4 Å². The van der Waals surface area contributed by atoms with E-state index in [9.17, 15) is 9.90 Å². The zero-order valence-corrected chi connectivity index (χ0v) is 21.6. The molecule has 4 atom stereocenters. The van der Waals surface area contributed by atoms with E-state index in [4.69, 9.17) is 14.2 Å². The molecule has 1 aromatic heterocycles.